The van der Waals surface area contributed by atoms with Gasteiger partial charge in [0.1, 0.15) is 0 Å². The summed E-state index contributed by atoms with van der Waals surface area (Å²) in [6.45, 7) is 8.01. The normalized spacial score (nSPS) is 11.8. The number of carbonyl (C=O) groups is 2. The molecule has 0 aromatic carbocycles. The van der Waals surface area contributed by atoms with Gasteiger partial charge in [-0.05, 0) is 25.7 Å². The van der Waals surface area contributed by atoms with E-state index in [4.69, 9.17) is 10.2 Å². The average Bonchev–Trinajstić information content (AvgIpc) is 2.40. The molecule has 5 nitrogen and oxygen atoms in total. The molecule has 4 N–H and O–H groups in total. The minimum Gasteiger partial charge on any atom is -0.481 e. The first kappa shape index (κ1) is 29.4. The van der Waals surface area contributed by atoms with Crippen molar-refractivity contribution in [2.75, 3.05) is 0 Å². The standard InChI is InChI=1S/2C8H16O2.Cr.H2O/c2*1-3-5-6-7(4-2)8(9)10;;/h2*7H,3-6H2,1-2H3,(H,9,10);;1H2. The molecule has 6 heteroatoms. The van der Waals surface area contributed by atoms with E-state index in [9.17, 15) is 9.59 Å². The molecule has 0 aliphatic rings. The van der Waals surface area contributed by atoms with Gasteiger partial charge in [0, 0.05) is 17.4 Å². The van der Waals surface area contributed by atoms with Crippen molar-refractivity contribution in [3.63, 3.8) is 0 Å². The number of aliphatic carboxylic acids is 2. The summed E-state index contributed by atoms with van der Waals surface area (Å²) in [6, 6.07) is 0. The van der Waals surface area contributed by atoms with Crippen LogP contribution in [0.3, 0.4) is 0 Å². The molecule has 2 atom stereocenters. The topological polar surface area (TPSA) is 106 Å². The van der Waals surface area contributed by atoms with Crippen LogP contribution in [0.15, 0.2) is 0 Å². The Morgan fingerprint density at radius 2 is 1.05 bits per heavy atom. The van der Waals surface area contributed by atoms with Crippen LogP contribution in [0.4, 0.5) is 0 Å². The van der Waals surface area contributed by atoms with Crippen molar-refractivity contribution < 1.29 is 42.6 Å². The summed E-state index contributed by atoms with van der Waals surface area (Å²) in [7, 11) is 0. The summed E-state index contributed by atoms with van der Waals surface area (Å²) in [5.41, 5.74) is 0. The molecule has 0 amide bonds. The molecule has 0 radical (unpaired) electrons. The van der Waals surface area contributed by atoms with Crippen LogP contribution in [-0.4, -0.2) is 27.6 Å². The van der Waals surface area contributed by atoms with Crippen LogP contribution < -0.4 is 0 Å². The summed E-state index contributed by atoms with van der Waals surface area (Å²) < 4.78 is 0. The molecule has 0 heterocycles. The van der Waals surface area contributed by atoms with Gasteiger partial charge in [0.15, 0.2) is 0 Å². The predicted octanol–water partition coefficient (Wildman–Crippen LogP) is 3.75. The third kappa shape index (κ3) is 17.5. The SMILES string of the molecule is CCCCC(CC)C(=O)O.CCCCC(CC)C(=O)O.O.[Cr]. The van der Waals surface area contributed by atoms with Gasteiger partial charge in [-0.1, -0.05) is 53.4 Å². The summed E-state index contributed by atoms with van der Waals surface area (Å²) in [5, 5.41) is 17.2. The van der Waals surface area contributed by atoms with Gasteiger partial charge in [-0.3, -0.25) is 9.59 Å². The van der Waals surface area contributed by atoms with Crippen LogP contribution in [0.5, 0.6) is 0 Å². The molecule has 0 spiro atoms. The maximum absolute atomic E-state index is 10.4. The van der Waals surface area contributed by atoms with E-state index < -0.39 is 11.9 Å². The van der Waals surface area contributed by atoms with Gasteiger partial charge in [-0.2, -0.15) is 0 Å². The van der Waals surface area contributed by atoms with Gasteiger partial charge >= 0.3 is 11.9 Å². The zero-order chi connectivity index (χ0) is 16.0. The third-order valence-corrected chi connectivity index (χ3v) is 3.50. The van der Waals surface area contributed by atoms with Crippen LogP contribution in [0.1, 0.15) is 79.1 Å². The second-order valence-electron chi connectivity index (χ2n) is 5.17. The van der Waals surface area contributed by atoms with Gasteiger partial charge < -0.3 is 15.7 Å². The van der Waals surface area contributed by atoms with Crippen molar-refractivity contribution in [1.82, 2.24) is 0 Å². The molecule has 0 saturated heterocycles. The smallest absolute Gasteiger partial charge is 0.306 e. The van der Waals surface area contributed by atoms with Crippen molar-refractivity contribution in [1.29, 1.82) is 0 Å². The predicted molar refractivity (Wildman–Crippen MR) is 85.5 cm³/mol. The summed E-state index contributed by atoms with van der Waals surface area (Å²) in [5.74, 6) is -1.51. The van der Waals surface area contributed by atoms with Crippen LogP contribution in [-0.2, 0) is 27.0 Å². The summed E-state index contributed by atoms with van der Waals surface area (Å²) in [4.78, 5) is 20.9. The molecule has 0 aliphatic carbocycles. The molecule has 22 heavy (non-hydrogen) atoms. The average molecular weight is 358 g/mol. The second kappa shape index (κ2) is 20.4. The second-order valence-corrected chi connectivity index (χ2v) is 5.17. The first-order valence-corrected chi connectivity index (χ1v) is 7.89. The number of rotatable bonds is 10. The number of hydrogen-bond donors (Lipinski definition) is 2. The van der Waals surface area contributed by atoms with Crippen LogP contribution >= 0.6 is 0 Å². The Kier molecular flexibility index (Phi) is 27.3. The van der Waals surface area contributed by atoms with Gasteiger partial charge in [0.05, 0.1) is 11.8 Å². The molecule has 2 unspecified atom stereocenters. The van der Waals surface area contributed by atoms with Crippen molar-refractivity contribution in [2.45, 2.75) is 79.1 Å². The first-order valence-electron chi connectivity index (χ1n) is 7.89. The van der Waals surface area contributed by atoms with E-state index >= 15 is 0 Å². The molecule has 134 valence electrons. The maximum atomic E-state index is 10.4. The number of carboxylic acid groups (broad SMARTS) is 2. The molecule has 0 saturated carbocycles. The van der Waals surface area contributed by atoms with Gasteiger partial charge in [0.25, 0.3) is 0 Å². The van der Waals surface area contributed by atoms with Crippen LogP contribution in [0, 0.1) is 11.8 Å². The van der Waals surface area contributed by atoms with E-state index in [2.05, 4.69) is 13.8 Å². The quantitative estimate of drug-likeness (QED) is 0.620. The Morgan fingerprint density at radius 3 is 1.18 bits per heavy atom. The minimum atomic E-state index is -0.643. The largest absolute Gasteiger partial charge is 0.481 e. The molecular formula is C16H34CrO5. The van der Waals surface area contributed by atoms with Crippen molar-refractivity contribution in [2.24, 2.45) is 11.8 Å². The van der Waals surface area contributed by atoms with E-state index in [0.717, 1.165) is 51.4 Å². The Labute approximate surface area is 145 Å². The number of unbranched alkanes of at least 4 members (excludes halogenated alkanes) is 2. The van der Waals surface area contributed by atoms with Crippen molar-refractivity contribution in [3.8, 4) is 0 Å². The number of carboxylic acids is 2. The summed E-state index contributed by atoms with van der Waals surface area (Å²) in [6.07, 6.45) is 7.43. The minimum absolute atomic E-state index is 0. The van der Waals surface area contributed by atoms with Crippen LogP contribution in [0.2, 0.25) is 0 Å². The van der Waals surface area contributed by atoms with Gasteiger partial charge in [-0.15, -0.1) is 0 Å². The Balaban J connectivity index is -0.000000135. The Bertz CT molecular complexity index is 233. The molecular weight excluding hydrogens is 324 g/mol. The van der Waals surface area contributed by atoms with Gasteiger partial charge in [-0.25, -0.2) is 0 Å². The van der Waals surface area contributed by atoms with Crippen molar-refractivity contribution >= 4 is 11.9 Å². The fraction of sp³-hybridized carbons (Fsp3) is 0.875. The van der Waals surface area contributed by atoms with Crippen LogP contribution in [0.25, 0.3) is 0 Å². The van der Waals surface area contributed by atoms with E-state index in [1.165, 1.54) is 0 Å². The molecule has 0 aliphatic heterocycles. The van der Waals surface area contributed by atoms with E-state index in [1.54, 1.807) is 0 Å². The van der Waals surface area contributed by atoms with E-state index in [0.29, 0.717) is 0 Å². The van der Waals surface area contributed by atoms with E-state index in [-0.39, 0.29) is 34.7 Å². The maximum Gasteiger partial charge on any atom is 0.306 e. The molecule has 0 bridgehead atoms. The van der Waals surface area contributed by atoms with E-state index in [1.807, 2.05) is 13.8 Å². The molecule has 0 aromatic rings. The third-order valence-electron chi connectivity index (χ3n) is 3.50. The Hall–Kier alpha value is -0.568. The zero-order valence-corrected chi connectivity index (χ0v) is 15.7. The summed E-state index contributed by atoms with van der Waals surface area (Å²) >= 11 is 0. The first-order chi connectivity index (χ1) is 9.44. The number of hydrogen-bond acceptors (Lipinski definition) is 2. The fourth-order valence-electron chi connectivity index (χ4n) is 1.91. The van der Waals surface area contributed by atoms with Gasteiger partial charge in [0.2, 0.25) is 0 Å². The molecule has 0 fully saturated rings. The zero-order valence-electron chi connectivity index (χ0n) is 14.4. The molecule has 0 aromatic heterocycles. The monoisotopic (exact) mass is 358 g/mol. The van der Waals surface area contributed by atoms with Crippen molar-refractivity contribution in [3.05, 3.63) is 0 Å². The molecule has 0 rings (SSSR count). The Morgan fingerprint density at radius 1 is 0.773 bits per heavy atom. The fourth-order valence-corrected chi connectivity index (χ4v) is 1.91.